The highest BCUT2D eigenvalue weighted by atomic mass is 16.5. The number of nitrogens with one attached hydrogen (secondary N) is 1. The van der Waals surface area contributed by atoms with E-state index in [0.717, 1.165) is 19.4 Å². The third-order valence-corrected chi connectivity index (χ3v) is 4.84. The van der Waals surface area contributed by atoms with Crippen molar-refractivity contribution in [2.75, 3.05) is 13.2 Å². The van der Waals surface area contributed by atoms with E-state index in [4.69, 9.17) is 4.74 Å². The summed E-state index contributed by atoms with van der Waals surface area (Å²) < 4.78 is 5.98. The lowest BCUT2D eigenvalue weighted by atomic mass is 9.85. The Kier molecular flexibility index (Phi) is 2.10. The number of fused-ring (bicyclic) bond motifs is 2. The molecule has 2 bridgehead atoms. The van der Waals surface area contributed by atoms with E-state index in [1.54, 1.807) is 0 Å². The van der Waals surface area contributed by atoms with Gasteiger partial charge in [-0.05, 0) is 38.5 Å². The Balaban J connectivity index is 1.55. The maximum atomic E-state index is 11.9. The summed E-state index contributed by atoms with van der Waals surface area (Å²) in [6.45, 7) is 1.17. The summed E-state index contributed by atoms with van der Waals surface area (Å²) in [5, 5.41) is 3.65. The number of hydrogen-bond acceptors (Lipinski definition) is 3. The summed E-state index contributed by atoms with van der Waals surface area (Å²) in [4.78, 5) is 14.0. The number of morpholine rings is 1. The third kappa shape index (κ3) is 1.69. The lowest BCUT2D eigenvalue weighted by Crippen LogP contribution is -2.61. The maximum absolute atomic E-state index is 11.9. The SMILES string of the molecule is O=C1COC2(CC3CCC(C2)N3)CN1C1CC1. The summed E-state index contributed by atoms with van der Waals surface area (Å²) in [5.74, 6) is 0.212. The van der Waals surface area contributed by atoms with E-state index < -0.39 is 0 Å². The Bertz CT molecular complexity index is 341. The molecule has 1 N–H and O–H groups in total. The minimum absolute atomic E-state index is 0.0203. The van der Waals surface area contributed by atoms with Gasteiger partial charge in [0.25, 0.3) is 0 Å². The van der Waals surface area contributed by atoms with Crippen LogP contribution in [0.3, 0.4) is 0 Å². The van der Waals surface area contributed by atoms with Gasteiger partial charge >= 0.3 is 0 Å². The molecule has 3 aliphatic heterocycles. The molecule has 0 aromatic rings. The number of carbonyl (C=O) groups is 1. The largest absolute Gasteiger partial charge is 0.363 e. The molecule has 1 saturated carbocycles. The Morgan fingerprint density at radius 3 is 2.53 bits per heavy atom. The number of amides is 1. The molecular formula is C13H20N2O2. The second-order valence-corrected chi connectivity index (χ2v) is 6.27. The van der Waals surface area contributed by atoms with Gasteiger partial charge in [0.15, 0.2) is 0 Å². The fraction of sp³-hybridized carbons (Fsp3) is 0.923. The van der Waals surface area contributed by atoms with Gasteiger partial charge in [0.2, 0.25) is 5.91 Å². The van der Waals surface area contributed by atoms with E-state index in [1.165, 1.54) is 25.7 Å². The molecule has 0 radical (unpaired) electrons. The zero-order chi connectivity index (χ0) is 11.5. The molecule has 94 valence electrons. The average Bonchev–Trinajstić information content (AvgIpc) is 3.09. The number of rotatable bonds is 1. The first-order valence-electron chi connectivity index (χ1n) is 6.94. The van der Waals surface area contributed by atoms with Crippen molar-refractivity contribution < 1.29 is 9.53 Å². The lowest BCUT2D eigenvalue weighted by Gasteiger charge is -2.47. The predicted molar refractivity (Wildman–Crippen MR) is 62.6 cm³/mol. The molecule has 4 fully saturated rings. The van der Waals surface area contributed by atoms with Gasteiger partial charge in [0, 0.05) is 18.1 Å². The molecule has 1 amide bonds. The zero-order valence-corrected chi connectivity index (χ0v) is 10.2. The number of piperidine rings is 1. The minimum atomic E-state index is -0.0203. The molecule has 4 rings (SSSR count). The van der Waals surface area contributed by atoms with Crippen LogP contribution in [-0.2, 0) is 9.53 Å². The fourth-order valence-electron chi connectivity index (χ4n) is 3.91. The van der Waals surface area contributed by atoms with Crippen LogP contribution >= 0.6 is 0 Å². The molecule has 3 heterocycles. The molecule has 0 aromatic carbocycles. The van der Waals surface area contributed by atoms with Gasteiger partial charge in [-0.15, -0.1) is 0 Å². The number of nitrogens with zero attached hydrogens (tertiary/aromatic N) is 1. The van der Waals surface area contributed by atoms with Crippen LogP contribution in [0.4, 0.5) is 0 Å². The van der Waals surface area contributed by atoms with Crippen LogP contribution in [0.2, 0.25) is 0 Å². The molecule has 1 aliphatic carbocycles. The van der Waals surface area contributed by atoms with Crippen LogP contribution in [0.15, 0.2) is 0 Å². The molecule has 1 spiro atoms. The second kappa shape index (κ2) is 3.45. The highest BCUT2D eigenvalue weighted by molar-refractivity contribution is 5.79. The van der Waals surface area contributed by atoms with Crippen LogP contribution in [0.1, 0.15) is 38.5 Å². The Morgan fingerprint density at radius 2 is 1.88 bits per heavy atom. The molecule has 4 aliphatic rings. The van der Waals surface area contributed by atoms with Crippen LogP contribution in [0.25, 0.3) is 0 Å². The maximum Gasteiger partial charge on any atom is 0.248 e. The first kappa shape index (κ1) is 10.3. The predicted octanol–water partition coefficient (Wildman–Crippen LogP) is 0.661. The van der Waals surface area contributed by atoms with Crippen LogP contribution in [-0.4, -0.2) is 47.7 Å². The summed E-state index contributed by atoms with van der Waals surface area (Å²) in [5.41, 5.74) is -0.0203. The molecule has 4 heteroatoms. The summed E-state index contributed by atoms with van der Waals surface area (Å²) in [6, 6.07) is 1.79. The van der Waals surface area contributed by atoms with Gasteiger partial charge in [-0.1, -0.05) is 0 Å². The molecule has 17 heavy (non-hydrogen) atoms. The van der Waals surface area contributed by atoms with Crippen molar-refractivity contribution in [3.05, 3.63) is 0 Å². The van der Waals surface area contributed by atoms with Gasteiger partial charge in [-0.2, -0.15) is 0 Å². The first-order valence-corrected chi connectivity index (χ1v) is 6.94. The smallest absolute Gasteiger partial charge is 0.248 e. The van der Waals surface area contributed by atoms with Gasteiger partial charge < -0.3 is 15.0 Å². The van der Waals surface area contributed by atoms with E-state index in [-0.39, 0.29) is 11.5 Å². The van der Waals surface area contributed by atoms with Crippen molar-refractivity contribution in [2.45, 2.75) is 62.3 Å². The van der Waals surface area contributed by atoms with Crippen LogP contribution in [0.5, 0.6) is 0 Å². The van der Waals surface area contributed by atoms with Crippen molar-refractivity contribution in [2.24, 2.45) is 0 Å². The molecule has 2 unspecified atom stereocenters. The number of ether oxygens (including phenoxy) is 1. The molecule has 4 nitrogen and oxygen atoms in total. The Labute approximate surface area is 102 Å². The van der Waals surface area contributed by atoms with E-state index >= 15 is 0 Å². The zero-order valence-electron chi connectivity index (χ0n) is 10.2. The molecular weight excluding hydrogens is 216 g/mol. The van der Waals surface area contributed by atoms with E-state index in [9.17, 15) is 4.79 Å². The van der Waals surface area contributed by atoms with Gasteiger partial charge in [0.05, 0.1) is 12.1 Å². The number of carbonyl (C=O) groups excluding carboxylic acids is 1. The number of hydrogen-bond donors (Lipinski definition) is 1. The summed E-state index contributed by atoms with van der Waals surface area (Å²) >= 11 is 0. The summed E-state index contributed by atoms with van der Waals surface area (Å²) in [6.07, 6.45) is 7.17. The monoisotopic (exact) mass is 236 g/mol. The Morgan fingerprint density at radius 1 is 1.18 bits per heavy atom. The van der Waals surface area contributed by atoms with E-state index in [0.29, 0.717) is 24.7 Å². The van der Waals surface area contributed by atoms with Gasteiger partial charge in [-0.3, -0.25) is 4.79 Å². The quantitative estimate of drug-likeness (QED) is 0.727. The topological polar surface area (TPSA) is 41.6 Å². The van der Waals surface area contributed by atoms with Crippen molar-refractivity contribution in [1.29, 1.82) is 0 Å². The van der Waals surface area contributed by atoms with Gasteiger partial charge in [0.1, 0.15) is 6.61 Å². The fourth-order valence-corrected chi connectivity index (χ4v) is 3.91. The van der Waals surface area contributed by atoms with Crippen LogP contribution in [0, 0.1) is 0 Å². The lowest BCUT2D eigenvalue weighted by molar-refractivity contribution is -0.171. The first-order chi connectivity index (χ1) is 8.24. The van der Waals surface area contributed by atoms with Crippen molar-refractivity contribution in [3.8, 4) is 0 Å². The van der Waals surface area contributed by atoms with Crippen molar-refractivity contribution in [1.82, 2.24) is 10.2 Å². The standard InChI is InChI=1S/C13H20N2O2/c16-12-7-17-13(8-15(12)11-3-4-11)5-9-1-2-10(6-13)14-9/h9-11,14H,1-8H2. The van der Waals surface area contributed by atoms with Crippen molar-refractivity contribution >= 4 is 5.91 Å². The molecule has 2 atom stereocenters. The highest BCUT2D eigenvalue weighted by Crippen LogP contribution is 2.41. The van der Waals surface area contributed by atoms with E-state index in [2.05, 4.69) is 10.2 Å². The van der Waals surface area contributed by atoms with Crippen molar-refractivity contribution in [3.63, 3.8) is 0 Å². The highest BCUT2D eigenvalue weighted by Gasteiger charge is 2.50. The average molecular weight is 236 g/mol. The molecule has 3 saturated heterocycles. The third-order valence-electron chi connectivity index (χ3n) is 4.84. The normalized spacial score (nSPS) is 45.6. The van der Waals surface area contributed by atoms with Crippen LogP contribution < -0.4 is 5.32 Å². The van der Waals surface area contributed by atoms with E-state index in [1.807, 2.05) is 0 Å². The molecule has 0 aromatic heterocycles. The van der Waals surface area contributed by atoms with Gasteiger partial charge in [-0.25, -0.2) is 0 Å². The second-order valence-electron chi connectivity index (χ2n) is 6.27. The summed E-state index contributed by atoms with van der Waals surface area (Å²) in [7, 11) is 0. The Hall–Kier alpha value is -0.610. The minimum Gasteiger partial charge on any atom is -0.363 e.